The van der Waals surface area contributed by atoms with Gasteiger partial charge in [-0.1, -0.05) is 0 Å². The molecule has 1 saturated heterocycles. The molecule has 1 N–H and O–H groups in total. The van der Waals surface area contributed by atoms with Gasteiger partial charge in [-0.25, -0.2) is 0 Å². The summed E-state index contributed by atoms with van der Waals surface area (Å²) in [5.41, 5.74) is 0. The van der Waals surface area contributed by atoms with Crippen LogP contribution in [0.4, 0.5) is 0 Å². The van der Waals surface area contributed by atoms with Gasteiger partial charge in [-0.15, -0.1) is 0 Å². The minimum atomic E-state index is -3.03. The smallest absolute Gasteiger partial charge is 0.333 e. The zero-order valence-electron chi connectivity index (χ0n) is 9.22. The van der Waals surface area contributed by atoms with Crippen molar-refractivity contribution in [1.82, 2.24) is 0 Å². The fourth-order valence-electron chi connectivity index (χ4n) is 1.60. The van der Waals surface area contributed by atoms with Gasteiger partial charge in [0, 0.05) is 6.42 Å². The predicted molar refractivity (Wildman–Crippen MR) is 56.1 cm³/mol. The molecule has 1 rings (SSSR count). The van der Waals surface area contributed by atoms with E-state index in [0.717, 1.165) is 0 Å². The molecule has 1 aliphatic rings. The molecule has 0 bridgehead atoms. The number of ether oxygens (including phenoxy) is 1. The van der Waals surface area contributed by atoms with Crippen LogP contribution >= 0.6 is 7.60 Å². The van der Waals surface area contributed by atoms with Crippen LogP contribution in [-0.4, -0.2) is 43.3 Å². The topological polar surface area (TPSA) is 65.0 Å². The lowest BCUT2D eigenvalue weighted by Gasteiger charge is -2.19. The van der Waals surface area contributed by atoms with E-state index in [-0.39, 0.29) is 12.3 Å². The Hall–Kier alpha value is 0.0700. The Balaban J connectivity index is 2.47. The summed E-state index contributed by atoms with van der Waals surface area (Å²) in [6.07, 6.45) is 0.0613. The number of hydrogen-bond acceptors (Lipinski definition) is 5. The van der Waals surface area contributed by atoms with Crippen molar-refractivity contribution >= 4 is 7.60 Å². The van der Waals surface area contributed by atoms with E-state index in [9.17, 15) is 9.67 Å². The van der Waals surface area contributed by atoms with Crippen molar-refractivity contribution in [3.8, 4) is 0 Å². The van der Waals surface area contributed by atoms with Crippen LogP contribution in [0.2, 0.25) is 0 Å². The Morgan fingerprint density at radius 1 is 1.40 bits per heavy atom. The van der Waals surface area contributed by atoms with E-state index in [1.165, 1.54) is 0 Å². The third kappa shape index (κ3) is 4.21. The van der Waals surface area contributed by atoms with Crippen molar-refractivity contribution in [2.75, 3.05) is 26.0 Å². The molecule has 0 radical (unpaired) electrons. The SMILES string of the molecule is CCOP(=O)(C[C@@H]1C[C@H](O)CO1)OCC. The fourth-order valence-corrected chi connectivity index (χ4v) is 3.42. The van der Waals surface area contributed by atoms with Gasteiger partial charge < -0.3 is 18.9 Å². The summed E-state index contributed by atoms with van der Waals surface area (Å²) < 4.78 is 27.6. The molecule has 6 heteroatoms. The number of rotatable bonds is 6. The summed E-state index contributed by atoms with van der Waals surface area (Å²) in [4.78, 5) is 0. The van der Waals surface area contributed by atoms with Gasteiger partial charge in [0.1, 0.15) is 0 Å². The first kappa shape index (κ1) is 13.1. The quantitative estimate of drug-likeness (QED) is 0.708. The van der Waals surface area contributed by atoms with Gasteiger partial charge in [0.05, 0.1) is 38.2 Å². The van der Waals surface area contributed by atoms with Gasteiger partial charge in [0.2, 0.25) is 0 Å². The first-order valence-electron chi connectivity index (χ1n) is 5.27. The first-order valence-corrected chi connectivity index (χ1v) is 7.00. The van der Waals surface area contributed by atoms with Crippen molar-refractivity contribution in [2.24, 2.45) is 0 Å². The highest BCUT2D eigenvalue weighted by molar-refractivity contribution is 7.53. The monoisotopic (exact) mass is 238 g/mol. The molecular formula is C9H19O5P. The molecule has 1 fully saturated rings. The number of hydrogen-bond donors (Lipinski definition) is 1. The summed E-state index contributed by atoms with van der Waals surface area (Å²) in [7, 11) is -3.03. The lowest BCUT2D eigenvalue weighted by atomic mass is 10.2. The highest BCUT2D eigenvalue weighted by Crippen LogP contribution is 2.49. The van der Waals surface area contributed by atoms with Crippen LogP contribution in [-0.2, 0) is 18.3 Å². The fraction of sp³-hybridized carbons (Fsp3) is 1.00. The molecule has 1 heterocycles. The van der Waals surface area contributed by atoms with Crippen molar-refractivity contribution in [3.63, 3.8) is 0 Å². The van der Waals surface area contributed by atoms with E-state index in [2.05, 4.69) is 0 Å². The van der Waals surface area contributed by atoms with Crippen molar-refractivity contribution in [2.45, 2.75) is 32.5 Å². The second-order valence-corrected chi connectivity index (χ2v) is 5.58. The van der Waals surface area contributed by atoms with Crippen molar-refractivity contribution in [1.29, 1.82) is 0 Å². The summed E-state index contributed by atoms with van der Waals surface area (Å²) >= 11 is 0. The van der Waals surface area contributed by atoms with Crippen LogP contribution in [0.15, 0.2) is 0 Å². The average molecular weight is 238 g/mol. The van der Waals surface area contributed by atoms with Crippen LogP contribution in [0.1, 0.15) is 20.3 Å². The Labute approximate surface area is 90.3 Å². The Kier molecular flexibility index (Phi) is 5.23. The van der Waals surface area contributed by atoms with E-state index >= 15 is 0 Å². The molecule has 2 atom stereocenters. The number of aliphatic hydroxyl groups excluding tert-OH is 1. The molecule has 0 spiro atoms. The van der Waals surface area contributed by atoms with Crippen molar-refractivity contribution < 1.29 is 23.5 Å². The molecule has 90 valence electrons. The van der Waals surface area contributed by atoms with Gasteiger partial charge in [-0.05, 0) is 13.8 Å². The molecule has 0 aromatic heterocycles. The molecule has 0 amide bonds. The third-order valence-electron chi connectivity index (χ3n) is 2.14. The number of aliphatic hydroxyl groups is 1. The van der Waals surface area contributed by atoms with E-state index in [0.29, 0.717) is 26.2 Å². The average Bonchev–Trinajstić information content (AvgIpc) is 2.51. The van der Waals surface area contributed by atoms with Gasteiger partial charge in [0.15, 0.2) is 0 Å². The minimum absolute atomic E-state index is 0.219. The molecular weight excluding hydrogens is 219 g/mol. The Morgan fingerprint density at radius 2 is 2.00 bits per heavy atom. The van der Waals surface area contributed by atoms with E-state index in [4.69, 9.17) is 13.8 Å². The molecule has 0 aliphatic carbocycles. The normalized spacial score (nSPS) is 27.1. The largest absolute Gasteiger partial charge is 0.391 e. The molecule has 1 aliphatic heterocycles. The van der Waals surface area contributed by atoms with E-state index in [1.807, 2.05) is 0 Å². The van der Waals surface area contributed by atoms with Crippen LogP contribution in [0, 0.1) is 0 Å². The summed E-state index contributed by atoms with van der Waals surface area (Å²) in [6, 6.07) is 0. The van der Waals surface area contributed by atoms with E-state index < -0.39 is 13.7 Å². The summed E-state index contributed by atoms with van der Waals surface area (Å²) in [5, 5.41) is 9.26. The highest BCUT2D eigenvalue weighted by atomic mass is 31.2. The first-order chi connectivity index (χ1) is 7.09. The van der Waals surface area contributed by atoms with Crippen LogP contribution < -0.4 is 0 Å². The molecule has 0 aromatic carbocycles. The maximum Gasteiger partial charge on any atom is 0.333 e. The highest BCUT2D eigenvalue weighted by Gasteiger charge is 2.33. The second kappa shape index (κ2) is 5.97. The summed E-state index contributed by atoms with van der Waals surface area (Å²) in [5.74, 6) is 0. The lowest BCUT2D eigenvalue weighted by molar-refractivity contribution is 0.0934. The predicted octanol–water partition coefficient (Wildman–Crippen LogP) is 1.40. The maximum atomic E-state index is 12.1. The molecule has 5 nitrogen and oxygen atoms in total. The molecule has 0 saturated carbocycles. The van der Waals surface area contributed by atoms with Crippen molar-refractivity contribution in [3.05, 3.63) is 0 Å². The van der Waals surface area contributed by atoms with Crippen LogP contribution in [0.3, 0.4) is 0 Å². The van der Waals surface area contributed by atoms with Crippen LogP contribution in [0.5, 0.6) is 0 Å². The molecule has 0 aromatic rings. The van der Waals surface area contributed by atoms with Crippen LogP contribution in [0.25, 0.3) is 0 Å². The zero-order chi connectivity index (χ0) is 11.3. The van der Waals surface area contributed by atoms with Gasteiger partial charge >= 0.3 is 7.60 Å². The zero-order valence-corrected chi connectivity index (χ0v) is 10.1. The minimum Gasteiger partial charge on any atom is -0.391 e. The van der Waals surface area contributed by atoms with Gasteiger partial charge in [-0.3, -0.25) is 4.57 Å². The third-order valence-corrected chi connectivity index (χ3v) is 4.30. The lowest BCUT2D eigenvalue weighted by Crippen LogP contribution is -2.15. The second-order valence-electron chi connectivity index (χ2n) is 3.47. The van der Waals surface area contributed by atoms with Gasteiger partial charge in [0.25, 0.3) is 0 Å². The van der Waals surface area contributed by atoms with E-state index in [1.54, 1.807) is 13.8 Å². The van der Waals surface area contributed by atoms with Gasteiger partial charge in [-0.2, -0.15) is 0 Å². The molecule has 0 unspecified atom stereocenters. The maximum absolute atomic E-state index is 12.1. The Morgan fingerprint density at radius 3 is 2.40 bits per heavy atom. The molecule has 15 heavy (non-hydrogen) atoms. The Bertz CT molecular complexity index is 223. The summed E-state index contributed by atoms with van der Waals surface area (Å²) in [6.45, 7) is 4.56. The standard InChI is InChI=1S/C9H19O5P/c1-3-13-15(11,14-4-2)7-9-5-8(10)6-12-9/h8-10H,3-7H2,1-2H3/t8-,9-/m0/s1.